The molecule has 7 nitrogen and oxygen atoms in total. The van der Waals surface area contributed by atoms with E-state index in [1.165, 1.54) is 12.7 Å². The van der Waals surface area contributed by atoms with Crippen LogP contribution in [0.2, 0.25) is 0 Å². The van der Waals surface area contributed by atoms with E-state index in [0.717, 1.165) is 70.4 Å². The van der Waals surface area contributed by atoms with Crippen molar-refractivity contribution >= 4 is 23.2 Å². The molecule has 0 atom stereocenters. The minimum atomic E-state index is -0.301. The van der Waals surface area contributed by atoms with Gasteiger partial charge < -0.3 is 24.6 Å². The summed E-state index contributed by atoms with van der Waals surface area (Å²) in [6, 6.07) is 21.5. The van der Waals surface area contributed by atoms with Gasteiger partial charge in [0, 0.05) is 43.6 Å². The molecule has 0 spiro atoms. The van der Waals surface area contributed by atoms with E-state index >= 15 is 0 Å². The highest BCUT2D eigenvalue weighted by molar-refractivity contribution is 6.08. The lowest BCUT2D eigenvalue weighted by Gasteiger charge is -2.36. The topological polar surface area (TPSA) is 71.1 Å². The van der Waals surface area contributed by atoms with Crippen molar-refractivity contribution in [2.24, 2.45) is 5.92 Å². The lowest BCUT2D eigenvalue weighted by Crippen LogP contribution is -2.39. The Bertz CT molecular complexity index is 1310. The van der Waals surface area contributed by atoms with E-state index < -0.39 is 0 Å². The van der Waals surface area contributed by atoms with Crippen LogP contribution in [0, 0.1) is 5.92 Å². The number of ether oxygens (including phenoxy) is 2. The van der Waals surface area contributed by atoms with Crippen molar-refractivity contribution in [3.8, 4) is 11.5 Å². The van der Waals surface area contributed by atoms with Gasteiger partial charge in [-0.15, -0.1) is 0 Å². The first kappa shape index (κ1) is 27.6. The predicted molar refractivity (Wildman–Crippen MR) is 159 cm³/mol. The van der Waals surface area contributed by atoms with Gasteiger partial charge in [-0.1, -0.05) is 30.3 Å². The molecule has 0 radical (unpaired) electrons. The quantitative estimate of drug-likeness (QED) is 0.376. The van der Waals surface area contributed by atoms with Gasteiger partial charge in [0.25, 0.3) is 11.8 Å². The highest BCUT2D eigenvalue weighted by Gasteiger charge is 2.27. The summed E-state index contributed by atoms with van der Waals surface area (Å²) in [7, 11) is 3.10. The van der Waals surface area contributed by atoms with Gasteiger partial charge in [-0.25, -0.2) is 0 Å². The number of hydrogen-bond donors (Lipinski definition) is 1. The Morgan fingerprint density at radius 1 is 0.825 bits per heavy atom. The molecule has 5 rings (SSSR count). The Morgan fingerprint density at radius 3 is 2.27 bits per heavy atom. The average Bonchev–Trinajstić information content (AvgIpc) is 3.01. The number of hydrogen-bond acceptors (Lipinski definition) is 5. The fourth-order valence-corrected chi connectivity index (χ4v) is 5.84. The second-order valence-electron chi connectivity index (χ2n) is 10.7. The highest BCUT2D eigenvalue weighted by Crippen LogP contribution is 2.32. The summed E-state index contributed by atoms with van der Waals surface area (Å²) in [5.41, 5.74) is 3.98. The van der Waals surface area contributed by atoms with Crippen LogP contribution in [-0.4, -0.2) is 57.1 Å². The van der Waals surface area contributed by atoms with Crippen LogP contribution in [0.15, 0.2) is 66.7 Å². The first-order valence-electron chi connectivity index (χ1n) is 14.3. The number of benzene rings is 3. The number of piperidine rings is 2. The van der Waals surface area contributed by atoms with Gasteiger partial charge in [-0.2, -0.15) is 0 Å². The van der Waals surface area contributed by atoms with Crippen LogP contribution in [0.25, 0.3) is 0 Å². The van der Waals surface area contributed by atoms with Crippen molar-refractivity contribution in [3.63, 3.8) is 0 Å². The molecule has 2 fully saturated rings. The van der Waals surface area contributed by atoms with Crippen molar-refractivity contribution < 1.29 is 19.1 Å². The van der Waals surface area contributed by atoms with Crippen LogP contribution in [0.5, 0.6) is 11.5 Å². The maximum atomic E-state index is 13.8. The van der Waals surface area contributed by atoms with E-state index in [4.69, 9.17) is 9.47 Å². The Hall–Kier alpha value is -4.00. The van der Waals surface area contributed by atoms with Crippen LogP contribution in [0.3, 0.4) is 0 Å². The Morgan fingerprint density at radius 2 is 1.57 bits per heavy atom. The van der Waals surface area contributed by atoms with Gasteiger partial charge in [0.15, 0.2) is 0 Å². The monoisotopic (exact) mass is 541 g/mol. The number of likely N-dealkylation sites (tertiary alicyclic amines) is 1. The Kier molecular flexibility index (Phi) is 8.89. The maximum absolute atomic E-state index is 13.8. The highest BCUT2D eigenvalue weighted by atomic mass is 16.5. The molecule has 2 saturated heterocycles. The molecule has 3 aromatic carbocycles. The second kappa shape index (κ2) is 12.9. The normalized spacial score (nSPS) is 15.9. The van der Waals surface area contributed by atoms with Crippen LogP contribution in [-0.2, 0) is 6.42 Å². The summed E-state index contributed by atoms with van der Waals surface area (Å²) in [5, 5.41) is 2.98. The number of carbonyl (C=O) groups is 2. The van der Waals surface area contributed by atoms with E-state index in [1.54, 1.807) is 25.3 Å². The molecule has 1 N–H and O–H groups in total. The summed E-state index contributed by atoms with van der Waals surface area (Å²) in [6.45, 7) is 3.37. The third kappa shape index (κ3) is 6.41. The zero-order valence-corrected chi connectivity index (χ0v) is 23.5. The number of methoxy groups -OCH3 is 2. The van der Waals surface area contributed by atoms with Crippen molar-refractivity contribution in [3.05, 3.63) is 83.4 Å². The molecule has 3 aromatic rings. The number of nitrogens with one attached hydrogen (secondary N) is 1. The van der Waals surface area contributed by atoms with E-state index in [1.807, 2.05) is 23.1 Å². The number of rotatable bonds is 8. The van der Waals surface area contributed by atoms with E-state index in [-0.39, 0.29) is 11.8 Å². The summed E-state index contributed by atoms with van der Waals surface area (Å²) in [6.07, 6.45) is 6.47. The summed E-state index contributed by atoms with van der Waals surface area (Å²) in [5.74, 6) is 1.42. The van der Waals surface area contributed by atoms with Gasteiger partial charge in [-0.3, -0.25) is 9.59 Å². The molecule has 2 heterocycles. The molecule has 2 aliphatic heterocycles. The molecule has 7 heteroatoms. The fraction of sp³-hybridized carbons (Fsp3) is 0.394. The van der Waals surface area contributed by atoms with Crippen LogP contribution >= 0.6 is 0 Å². The first-order valence-corrected chi connectivity index (χ1v) is 14.3. The summed E-state index contributed by atoms with van der Waals surface area (Å²) in [4.78, 5) is 31.3. The molecule has 2 amide bonds. The molecular formula is C33H39N3O4. The van der Waals surface area contributed by atoms with Gasteiger partial charge in [-0.05, 0) is 80.3 Å². The fourth-order valence-electron chi connectivity index (χ4n) is 5.84. The van der Waals surface area contributed by atoms with Gasteiger partial charge in [0.2, 0.25) is 0 Å². The Labute approximate surface area is 237 Å². The molecule has 210 valence electrons. The molecular weight excluding hydrogens is 502 g/mol. The smallest absolute Gasteiger partial charge is 0.259 e. The first-order chi connectivity index (χ1) is 19.6. The molecule has 2 aliphatic rings. The van der Waals surface area contributed by atoms with Crippen LogP contribution in [0.4, 0.5) is 11.4 Å². The van der Waals surface area contributed by atoms with Gasteiger partial charge in [0.1, 0.15) is 11.5 Å². The number of amides is 2. The molecule has 40 heavy (non-hydrogen) atoms. The molecule has 0 saturated carbocycles. The van der Waals surface area contributed by atoms with Crippen molar-refractivity contribution in [2.75, 3.05) is 50.6 Å². The van der Waals surface area contributed by atoms with E-state index in [2.05, 4.69) is 40.5 Å². The van der Waals surface area contributed by atoms with Gasteiger partial charge in [0.05, 0.1) is 25.3 Å². The molecule has 0 aromatic heterocycles. The summed E-state index contributed by atoms with van der Waals surface area (Å²) >= 11 is 0. The molecule has 0 aliphatic carbocycles. The van der Waals surface area contributed by atoms with Crippen molar-refractivity contribution in [1.29, 1.82) is 0 Å². The lowest BCUT2D eigenvalue weighted by molar-refractivity contribution is 0.0724. The zero-order valence-electron chi connectivity index (χ0n) is 23.5. The molecule has 0 bridgehead atoms. The van der Waals surface area contributed by atoms with E-state index in [9.17, 15) is 9.59 Å². The maximum Gasteiger partial charge on any atom is 0.259 e. The predicted octanol–water partition coefficient (Wildman–Crippen LogP) is 6.04. The SMILES string of the molecule is COc1ccc(C(=O)Nc2ccc(N3CCC(Cc4ccccc4)CC3)c(C(=O)N3CCCCC3)c2)c(OC)c1. The number of nitrogens with zero attached hydrogens (tertiary/aromatic N) is 2. The van der Waals surface area contributed by atoms with Crippen molar-refractivity contribution in [1.82, 2.24) is 4.90 Å². The third-order valence-electron chi connectivity index (χ3n) is 8.10. The van der Waals surface area contributed by atoms with E-state index in [0.29, 0.717) is 34.2 Å². The molecule has 0 unspecified atom stereocenters. The Balaban J connectivity index is 1.36. The van der Waals surface area contributed by atoms with Crippen molar-refractivity contribution in [2.45, 2.75) is 38.5 Å². The largest absolute Gasteiger partial charge is 0.497 e. The minimum absolute atomic E-state index is 0.0410. The second-order valence-corrected chi connectivity index (χ2v) is 10.7. The van der Waals surface area contributed by atoms with Crippen LogP contribution in [0.1, 0.15) is 58.4 Å². The average molecular weight is 542 g/mol. The third-order valence-corrected chi connectivity index (χ3v) is 8.10. The number of anilines is 2. The lowest BCUT2D eigenvalue weighted by atomic mass is 9.89. The minimum Gasteiger partial charge on any atom is -0.497 e. The zero-order chi connectivity index (χ0) is 27.9. The van der Waals surface area contributed by atoms with Crippen LogP contribution < -0.4 is 19.7 Å². The van der Waals surface area contributed by atoms with Gasteiger partial charge >= 0.3 is 0 Å². The number of carbonyl (C=O) groups excluding carboxylic acids is 2. The standard InChI is InChI=1S/C33H39N3O4/c1-39-27-12-13-28(31(23-27)40-2)32(37)34-26-11-14-30(29(22-26)33(38)36-17-7-4-8-18-36)35-19-15-25(16-20-35)21-24-9-5-3-6-10-24/h3,5-6,9-14,22-23,25H,4,7-8,15-21H2,1-2H3,(H,34,37). The summed E-state index contributed by atoms with van der Waals surface area (Å²) < 4.78 is 10.7.